The highest BCUT2D eigenvalue weighted by atomic mass is 79.9. The number of nitrogens with one attached hydrogen (secondary N) is 2. The first-order valence-corrected chi connectivity index (χ1v) is 12.7. The molecule has 1 aromatic heterocycles. The Bertz CT molecular complexity index is 1260. The highest BCUT2D eigenvalue weighted by Crippen LogP contribution is 2.28. The van der Waals surface area contributed by atoms with Crippen LogP contribution >= 0.6 is 15.9 Å². The number of halogens is 1. The van der Waals surface area contributed by atoms with Crippen molar-refractivity contribution in [2.24, 2.45) is 5.92 Å². The van der Waals surface area contributed by atoms with Crippen LogP contribution in [0.5, 0.6) is 0 Å². The molecule has 2 fully saturated rings. The summed E-state index contributed by atoms with van der Waals surface area (Å²) >= 11 is 3.43. The molecule has 2 N–H and O–H groups in total. The van der Waals surface area contributed by atoms with E-state index >= 15 is 0 Å². The fourth-order valence-corrected chi connectivity index (χ4v) is 4.71. The van der Waals surface area contributed by atoms with Gasteiger partial charge in [-0.1, -0.05) is 22.0 Å². The summed E-state index contributed by atoms with van der Waals surface area (Å²) < 4.78 is 6.31. The second-order valence-electron chi connectivity index (χ2n) is 8.87. The van der Waals surface area contributed by atoms with Gasteiger partial charge < -0.3 is 25.2 Å². The molecule has 0 aliphatic carbocycles. The van der Waals surface area contributed by atoms with Gasteiger partial charge in [0.15, 0.2) is 0 Å². The number of carbonyl (C=O) groups is 2. The van der Waals surface area contributed by atoms with Gasteiger partial charge >= 0.3 is 0 Å². The summed E-state index contributed by atoms with van der Waals surface area (Å²) in [5, 5.41) is 6.26. The predicted octanol–water partition coefficient (Wildman–Crippen LogP) is 4.12. The normalized spacial score (nSPS) is 17.8. The summed E-state index contributed by atoms with van der Waals surface area (Å²) in [5.74, 6) is 0.773. The standard InChI is InChI=1S/C26H27BrN6O3/c1-17-13-23(31-26(28-17)32-9-11-36-12-10-32)29-20-5-7-21(8-6-20)30-25(35)18-14-24(34)33(16-18)22-4-2-3-19(27)15-22/h2-8,13,15,18H,9-12,14,16H2,1H3,(H,30,35)(H,28,29,31). The third-order valence-electron chi connectivity index (χ3n) is 6.18. The van der Waals surface area contributed by atoms with Gasteiger partial charge in [0.25, 0.3) is 0 Å². The van der Waals surface area contributed by atoms with E-state index in [-0.39, 0.29) is 18.2 Å². The van der Waals surface area contributed by atoms with E-state index < -0.39 is 5.92 Å². The highest BCUT2D eigenvalue weighted by Gasteiger charge is 2.35. The van der Waals surface area contributed by atoms with Gasteiger partial charge in [-0.15, -0.1) is 0 Å². The molecule has 1 unspecified atom stereocenters. The number of ether oxygens (including phenoxy) is 1. The molecule has 2 amide bonds. The number of rotatable bonds is 6. The van der Waals surface area contributed by atoms with Crippen molar-refractivity contribution < 1.29 is 14.3 Å². The number of aryl methyl sites for hydroxylation is 1. The van der Waals surface area contributed by atoms with E-state index in [9.17, 15) is 9.59 Å². The van der Waals surface area contributed by atoms with Crippen LogP contribution in [0, 0.1) is 12.8 Å². The van der Waals surface area contributed by atoms with Crippen LogP contribution in [0.15, 0.2) is 59.1 Å². The number of hydrogen-bond donors (Lipinski definition) is 2. The average Bonchev–Trinajstić information content (AvgIpc) is 3.27. The maximum absolute atomic E-state index is 12.9. The van der Waals surface area contributed by atoms with Crippen LogP contribution in [-0.2, 0) is 14.3 Å². The van der Waals surface area contributed by atoms with Crippen LogP contribution in [0.3, 0.4) is 0 Å². The first kappa shape index (κ1) is 24.2. The Morgan fingerprint density at radius 1 is 1.06 bits per heavy atom. The van der Waals surface area contributed by atoms with Gasteiger partial charge in [-0.3, -0.25) is 9.59 Å². The van der Waals surface area contributed by atoms with Crippen molar-refractivity contribution in [3.63, 3.8) is 0 Å². The minimum Gasteiger partial charge on any atom is -0.378 e. The molecule has 2 aliphatic heterocycles. The van der Waals surface area contributed by atoms with Crippen molar-refractivity contribution in [1.82, 2.24) is 9.97 Å². The lowest BCUT2D eigenvalue weighted by Crippen LogP contribution is -2.37. The number of hydrogen-bond acceptors (Lipinski definition) is 7. The number of benzene rings is 2. The van der Waals surface area contributed by atoms with Crippen LogP contribution in [0.25, 0.3) is 0 Å². The molecule has 2 aromatic carbocycles. The fourth-order valence-electron chi connectivity index (χ4n) is 4.33. The molecular weight excluding hydrogens is 524 g/mol. The Morgan fingerprint density at radius 3 is 2.56 bits per heavy atom. The lowest BCUT2D eigenvalue weighted by molar-refractivity contribution is -0.122. The average molecular weight is 551 g/mol. The molecule has 3 aromatic rings. The molecule has 0 bridgehead atoms. The molecule has 3 heterocycles. The largest absolute Gasteiger partial charge is 0.378 e. The molecule has 36 heavy (non-hydrogen) atoms. The van der Waals surface area contributed by atoms with Crippen molar-refractivity contribution in [2.75, 3.05) is 53.3 Å². The Morgan fingerprint density at radius 2 is 1.81 bits per heavy atom. The van der Waals surface area contributed by atoms with Gasteiger partial charge in [0.2, 0.25) is 17.8 Å². The zero-order valence-corrected chi connectivity index (χ0v) is 21.5. The maximum atomic E-state index is 12.9. The Balaban J connectivity index is 1.20. The van der Waals surface area contributed by atoms with E-state index in [4.69, 9.17) is 4.74 Å². The maximum Gasteiger partial charge on any atom is 0.229 e. The Labute approximate surface area is 218 Å². The topological polar surface area (TPSA) is 99.7 Å². The lowest BCUT2D eigenvalue weighted by Gasteiger charge is -2.27. The molecule has 2 saturated heterocycles. The number of carbonyl (C=O) groups excluding carboxylic acids is 2. The first-order chi connectivity index (χ1) is 17.4. The molecule has 9 nitrogen and oxygen atoms in total. The smallest absolute Gasteiger partial charge is 0.229 e. The van der Waals surface area contributed by atoms with Gasteiger partial charge in [-0.05, 0) is 49.4 Å². The zero-order chi connectivity index (χ0) is 25.1. The van der Waals surface area contributed by atoms with E-state index in [0.717, 1.165) is 34.6 Å². The number of aromatic nitrogens is 2. The van der Waals surface area contributed by atoms with Gasteiger partial charge in [0.05, 0.1) is 19.1 Å². The third kappa shape index (κ3) is 5.66. The molecule has 5 rings (SSSR count). The zero-order valence-electron chi connectivity index (χ0n) is 19.9. The molecule has 0 spiro atoms. The predicted molar refractivity (Wildman–Crippen MR) is 143 cm³/mol. The van der Waals surface area contributed by atoms with Crippen LogP contribution in [0.2, 0.25) is 0 Å². The summed E-state index contributed by atoms with van der Waals surface area (Å²) in [5.41, 5.74) is 3.18. The number of anilines is 5. The van der Waals surface area contributed by atoms with E-state index in [1.165, 1.54) is 0 Å². The van der Waals surface area contributed by atoms with Crippen molar-refractivity contribution in [2.45, 2.75) is 13.3 Å². The Kier molecular flexibility index (Phi) is 7.15. The van der Waals surface area contributed by atoms with Crippen LogP contribution in [0.4, 0.5) is 28.8 Å². The fraction of sp³-hybridized carbons (Fsp3) is 0.308. The third-order valence-corrected chi connectivity index (χ3v) is 6.67. The summed E-state index contributed by atoms with van der Waals surface area (Å²) in [6, 6.07) is 16.9. The van der Waals surface area contributed by atoms with Gasteiger partial charge in [0.1, 0.15) is 5.82 Å². The van der Waals surface area contributed by atoms with Crippen LogP contribution < -0.4 is 20.4 Å². The quantitative estimate of drug-likeness (QED) is 0.476. The number of amides is 2. The van der Waals surface area contributed by atoms with Crippen LogP contribution in [-0.4, -0.2) is 54.6 Å². The SMILES string of the molecule is Cc1cc(Nc2ccc(NC(=O)C3CC(=O)N(c4cccc(Br)c4)C3)cc2)nc(N2CCOCC2)n1. The minimum absolute atomic E-state index is 0.0515. The number of morpholine rings is 1. The summed E-state index contributed by atoms with van der Waals surface area (Å²) in [4.78, 5) is 38.4. The molecule has 0 saturated carbocycles. The minimum atomic E-state index is -0.406. The lowest BCUT2D eigenvalue weighted by atomic mass is 10.1. The van der Waals surface area contributed by atoms with Crippen molar-refractivity contribution in [3.05, 3.63) is 64.8 Å². The molecule has 1 atom stereocenters. The van der Waals surface area contributed by atoms with E-state index in [2.05, 4.69) is 41.4 Å². The summed E-state index contributed by atoms with van der Waals surface area (Å²) in [6.07, 6.45) is 0.191. The molecule has 10 heteroatoms. The highest BCUT2D eigenvalue weighted by molar-refractivity contribution is 9.10. The monoisotopic (exact) mass is 550 g/mol. The van der Waals surface area contributed by atoms with Gasteiger partial charge in [0, 0.05) is 59.4 Å². The van der Waals surface area contributed by atoms with E-state index in [0.29, 0.717) is 37.2 Å². The molecule has 186 valence electrons. The van der Waals surface area contributed by atoms with E-state index in [1.807, 2.05) is 61.5 Å². The van der Waals surface area contributed by atoms with Gasteiger partial charge in [-0.25, -0.2) is 4.98 Å². The summed E-state index contributed by atoms with van der Waals surface area (Å²) in [7, 11) is 0. The second-order valence-corrected chi connectivity index (χ2v) is 9.79. The second kappa shape index (κ2) is 10.6. The van der Waals surface area contributed by atoms with Crippen molar-refractivity contribution >= 4 is 56.6 Å². The molecule has 2 aliphatic rings. The van der Waals surface area contributed by atoms with Crippen molar-refractivity contribution in [3.8, 4) is 0 Å². The molecule has 0 radical (unpaired) electrons. The molecular formula is C26H27BrN6O3. The first-order valence-electron chi connectivity index (χ1n) is 11.9. The van der Waals surface area contributed by atoms with E-state index in [1.54, 1.807) is 4.90 Å². The van der Waals surface area contributed by atoms with Gasteiger partial charge in [-0.2, -0.15) is 4.98 Å². The Hall–Kier alpha value is -3.50. The van der Waals surface area contributed by atoms with Crippen molar-refractivity contribution in [1.29, 1.82) is 0 Å². The summed E-state index contributed by atoms with van der Waals surface area (Å²) in [6.45, 7) is 5.18. The van der Waals surface area contributed by atoms with Crippen LogP contribution in [0.1, 0.15) is 12.1 Å². The number of nitrogens with zero attached hydrogens (tertiary/aromatic N) is 4.